The molecule has 0 radical (unpaired) electrons. The van der Waals surface area contributed by atoms with Crippen molar-refractivity contribution < 1.29 is 24.5 Å². The lowest BCUT2D eigenvalue weighted by atomic mass is 9.98. The van der Waals surface area contributed by atoms with Crippen LogP contribution in [0.5, 0.6) is 11.5 Å². The lowest BCUT2D eigenvalue weighted by molar-refractivity contribution is -0.151. The van der Waals surface area contributed by atoms with Gasteiger partial charge in [0.05, 0.1) is 5.56 Å². The predicted molar refractivity (Wildman–Crippen MR) is 152 cm³/mol. The standard InChI is InChI=1S/C32H44N2O5/c1-20(2)14-28(32(38)39-25-9-5-6-10-25)33-13-7-8-22-11-12-23-18-34(19-24(23)15-22)31(37)27-16-26(21(3)4)29(35)17-30(27)36/h11-12,15-17,20-21,25,28,33,35-36H,5-10,13-14,18-19H2,1-4H3/t28-/m0/s1. The van der Waals surface area contributed by atoms with E-state index in [0.29, 0.717) is 24.6 Å². The largest absolute Gasteiger partial charge is 0.508 e. The van der Waals surface area contributed by atoms with Gasteiger partial charge >= 0.3 is 5.97 Å². The fourth-order valence-electron chi connectivity index (χ4n) is 5.70. The summed E-state index contributed by atoms with van der Waals surface area (Å²) in [6.45, 7) is 9.85. The van der Waals surface area contributed by atoms with Crippen molar-refractivity contribution in [3.63, 3.8) is 0 Å². The summed E-state index contributed by atoms with van der Waals surface area (Å²) in [6.07, 6.45) is 6.87. The highest BCUT2D eigenvalue weighted by Crippen LogP contribution is 2.34. The number of carbonyl (C=O) groups excluding carboxylic acids is 2. The lowest BCUT2D eigenvalue weighted by Crippen LogP contribution is -2.41. The Morgan fingerprint density at radius 2 is 1.72 bits per heavy atom. The van der Waals surface area contributed by atoms with Crippen LogP contribution in [-0.4, -0.2) is 45.7 Å². The zero-order chi connectivity index (χ0) is 28.1. The molecule has 2 aromatic rings. The minimum Gasteiger partial charge on any atom is -0.508 e. The van der Waals surface area contributed by atoms with Gasteiger partial charge in [0.2, 0.25) is 0 Å². The number of benzene rings is 2. The third-order valence-electron chi connectivity index (χ3n) is 7.89. The molecule has 0 aromatic heterocycles. The Kier molecular flexibility index (Phi) is 9.54. The van der Waals surface area contributed by atoms with Crippen LogP contribution in [0.2, 0.25) is 0 Å². The lowest BCUT2D eigenvalue weighted by Gasteiger charge is -2.21. The molecule has 3 N–H and O–H groups in total. The number of aryl methyl sites for hydroxylation is 1. The molecule has 1 saturated carbocycles. The predicted octanol–water partition coefficient (Wildman–Crippen LogP) is 5.80. The van der Waals surface area contributed by atoms with Crippen molar-refractivity contribution in [1.82, 2.24) is 10.2 Å². The molecule has 7 nitrogen and oxygen atoms in total. The molecule has 4 rings (SSSR count). The highest BCUT2D eigenvalue weighted by Gasteiger charge is 2.28. The van der Waals surface area contributed by atoms with Gasteiger partial charge in [-0.1, -0.05) is 45.9 Å². The first-order chi connectivity index (χ1) is 18.6. The molecule has 2 aromatic carbocycles. The summed E-state index contributed by atoms with van der Waals surface area (Å²) < 4.78 is 5.77. The number of carbonyl (C=O) groups is 2. The molecular weight excluding hydrogens is 492 g/mol. The van der Waals surface area contributed by atoms with Gasteiger partial charge in [0, 0.05) is 19.2 Å². The summed E-state index contributed by atoms with van der Waals surface area (Å²) in [7, 11) is 0. The number of ether oxygens (including phenoxy) is 1. The van der Waals surface area contributed by atoms with E-state index >= 15 is 0 Å². The Balaban J connectivity index is 1.31. The normalized spacial score (nSPS) is 16.2. The molecule has 1 atom stereocenters. The number of nitrogens with zero attached hydrogens (tertiary/aromatic N) is 1. The van der Waals surface area contributed by atoms with Gasteiger partial charge in [-0.3, -0.25) is 9.59 Å². The second-order valence-corrected chi connectivity index (χ2v) is 11.9. The minimum absolute atomic E-state index is 0.00382. The molecule has 0 unspecified atom stereocenters. The van der Waals surface area contributed by atoms with Crippen LogP contribution < -0.4 is 5.32 Å². The number of phenols is 2. The Hall–Kier alpha value is -3.06. The fraction of sp³-hybridized carbons (Fsp3) is 0.562. The van der Waals surface area contributed by atoms with E-state index in [1.807, 2.05) is 13.8 Å². The van der Waals surface area contributed by atoms with Gasteiger partial charge in [-0.15, -0.1) is 0 Å². The smallest absolute Gasteiger partial charge is 0.323 e. The zero-order valence-electron chi connectivity index (χ0n) is 23.8. The van der Waals surface area contributed by atoms with Gasteiger partial charge in [0.1, 0.15) is 23.6 Å². The van der Waals surface area contributed by atoms with Crippen LogP contribution in [-0.2, 0) is 29.0 Å². The molecule has 2 aliphatic rings. The highest BCUT2D eigenvalue weighted by molar-refractivity contribution is 5.97. The van der Waals surface area contributed by atoms with Crippen LogP contribution in [0.1, 0.15) is 105 Å². The zero-order valence-corrected chi connectivity index (χ0v) is 23.8. The number of esters is 1. The topological polar surface area (TPSA) is 99.1 Å². The summed E-state index contributed by atoms with van der Waals surface area (Å²) in [5.74, 6) is -0.113. The SMILES string of the molecule is CC(C)C[C@H](NCCCc1ccc2c(c1)CN(C(=O)c1cc(C(C)C)c(O)cc1O)C2)C(=O)OC1CCCC1. The summed E-state index contributed by atoms with van der Waals surface area (Å²) in [5, 5.41) is 23.9. The van der Waals surface area contributed by atoms with Crippen LogP contribution in [0.4, 0.5) is 0 Å². The highest BCUT2D eigenvalue weighted by atomic mass is 16.5. The maximum atomic E-state index is 13.3. The molecule has 39 heavy (non-hydrogen) atoms. The van der Waals surface area contributed by atoms with Gasteiger partial charge < -0.3 is 25.2 Å². The van der Waals surface area contributed by atoms with Gasteiger partial charge in [-0.05, 0) is 91.6 Å². The van der Waals surface area contributed by atoms with Gasteiger partial charge in [0.15, 0.2) is 0 Å². The summed E-state index contributed by atoms with van der Waals surface area (Å²) >= 11 is 0. The van der Waals surface area contributed by atoms with E-state index in [1.54, 1.807) is 11.0 Å². The van der Waals surface area contributed by atoms with Crippen molar-refractivity contribution in [3.8, 4) is 11.5 Å². The number of hydrogen-bond donors (Lipinski definition) is 3. The first-order valence-electron chi connectivity index (χ1n) is 14.5. The summed E-state index contributed by atoms with van der Waals surface area (Å²) in [6, 6.07) is 8.97. The van der Waals surface area contributed by atoms with Gasteiger partial charge in [-0.25, -0.2) is 0 Å². The number of fused-ring (bicyclic) bond motifs is 1. The van der Waals surface area contributed by atoms with Crippen LogP contribution in [0.3, 0.4) is 0 Å². The number of phenolic OH excluding ortho intramolecular Hbond substituents is 2. The minimum atomic E-state index is -0.266. The molecule has 0 bridgehead atoms. The number of hydrogen-bond acceptors (Lipinski definition) is 6. The van der Waals surface area contributed by atoms with E-state index in [1.165, 1.54) is 11.6 Å². The van der Waals surface area contributed by atoms with E-state index in [4.69, 9.17) is 4.74 Å². The molecule has 0 spiro atoms. The van der Waals surface area contributed by atoms with Crippen LogP contribution >= 0.6 is 0 Å². The van der Waals surface area contributed by atoms with E-state index in [-0.39, 0.29) is 47.0 Å². The Morgan fingerprint density at radius 1 is 1.00 bits per heavy atom. The summed E-state index contributed by atoms with van der Waals surface area (Å²) in [5.41, 5.74) is 4.30. The quantitative estimate of drug-likeness (QED) is 0.248. The number of nitrogens with one attached hydrogen (secondary N) is 1. The number of amides is 1. The molecule has 0 saturated heterocycles. The fourth-order valence-corrected chi connectivity index (χ4v) is 5.70. The molecule has 1 fully saturated rings. The molecule has 1 amide bonds. The van der Waals surface area contributed by atoms with Gasteiger partial charge in [-0.2, -0.15) is 0 Å². The van der Waals surface area contributed by atoms with Crippen molar-refractivity contribution in [2.24, 2.45) is 5.92 Å². The number of aromatic hydroxyl groups is 2. The maximum absolute atomic E-state index is 13.3. The van der Waals surface area contributed by atoms with E-state index < -0.39 is 0 Å². The monoisotopic (exact) mass is 536 g/mol. The maximum Gasteiger partial charge on any atom is 0.323 e. The van der Waals surface area contributed by atoms with Crippen LogP contribution in [0.25, 0.3) is 0 Å². The van der Waals surface area contributed by atoms with Crippen LogP contribution in [0.15, 0.2) is 30.3 Å². The van der Waals surface area contributed by atoms with Crippen molar-refractivity contribution in [3.05, 3.63) is 58.1 Å². The number of rotatable bonds is 11. The van der Waals surface area contributed by atoms with E-state index in [0.717, 1.165) is 62.6 Å². The van der Waals surface area contributed by atoms with Crippen molar-refractivity contribution in [2.45, 2.75) is 104 Å². The third-order valence-corrected chi connectivity index (χ3v) is 7.89. The molecular formula is C32H44N2O5. The van der Waals surface area contributed by atoms with Crippen molar-refractivity contribution >= 4 is 11.9 Å². The molecule has 1 aliphatic carbocycles. The first-order valence-corrected chi connectivity index (χ1v) is 14.5. The van der Waals surface area contributed by atoms with E-state index in [2.05, 4.69) is 37.4 Å². The first kappa shape index (κ1) is 28.9. The van der Waals surface area contributed by atoms with Crippen molar-refractivity contribution in [1.29, 1.82) is 0 Å². The average Bonchev–Trinajstić information content (AvgIpc) is 3.54. The van der Waals surface area contributed by atoms with E-state index in [9.17, 15) is 19.8 Å². The van der Waals surface area contributed by atoms with Gasteiger partial charge in [0.25, 0.3) is 5.91 Å². The third kappa shape index (κ3) is 7.33. The molecule has 7 heteroatoms. The summed E-state index contributed by atoms with van der Waals surface area (Å²) in [4.78, 5) is 27.8. The second-order valence-electron chi connectivity index (χ2n) is 11.9. The Morgan fingerprint density at radius 3 is 2.41 bits per heavy atom. The molecule has 1 aliphatic heterocycles. The Labute approximate surface area is 232 Å². The van der Waals surface area contributed by atoms with Crippen LogP contribution in [0, 0.1) is 5.92 Å². The molecule has 212 valence electrons. The Bertz CT molecular complexity index is 1170. The second kappa shape index (κ2) is 12.9. The molecule has 1 heterocycles. The average molecular weight is 537 g/mol. The van der Waals surface area contributed by atoms with Crippen molar-refractivity contribution in [2.75, 3.05) is 6.54 Å².